The zero-order chi connectivity index (χ0) is 16.9. The lowest BCUT2D eigenvalue weighted by molar-refractivity contribution is -0.133. The van der Waals surface area contributed by atoms with Gasteiger partial charge in [0.25, 0.3) is 0 Å². The quantitative estimate of drug-likeness (QED) is 0.902. The first-order chi connectivity index (χ1) is 11.6. The van der Waals surface area contributed by atoms with Gasteiger partial charge < -0.3 is 10.2 Å². The Morgan fingerprint density at radius 1 is 1.25 bits per heavy atom. The largest absolute Gasteiger partial charge is 0.338 e. The summed E-state index contributed by atoms with van der Waals surface area (Å²) in [6, 6.07) is 11.1. The summed E-state index contributed by atoms with van der Waals surface area (Å²) in [6.45, 7) is 5.96. The average molecular weight is 329 g/mol. The molecule has 1 amide bonds. The molecule has 1 aromatic carbocycles. The van der Waals surface area contributed by atoms with Crippen molar-refractivity contribution in [2.75, 3.05) is 33.2 Å². The van der Waals surface area contributed by atoms with Gasteiger partial charge in [0.1, 0.15) is 0 Å². The van der Waals surface area contributed by atoms with Gasteiger partial charge in [-0.25, -0.2) is 0 Å². The maximum absolute atomic E-state index is 12.6. The molecule has 3 rings (SSSR count). The molecule has 2 heterocycles. The molecule has 2 aliphatic rings. The number of benzene rings is 1. The fourth-order valence-electron chi connectivity index (χ4n) is 4.10. The average Bonchev–Trinajstić information content (AvgIpc) is 3.16. The number of hydrogen-bond acceptors (Lipinski definition) is 3. The minimum Gasteiger partial charge on any atom is -0.338 e. The number of likely N-dealkylation sites (N-methyl/N-ethyl adjacent to an activating group) is 1. The fourth-order valence-corrected chi connectivity index (χ4v) is 4.10. The molecule has 132 valence electrons. The van der Waals surface area contributed by atoms with Crippen LogP contribution in [-0.2, 0) is 4.79 Å². The molecule has 1 aromatic rings. The van der Waals surface area contributed by atoms with Crippen molar-refractivity contribution in [1.29, 1.82) is 0 Å². The van der Waals surface area contributed by atoms with Crippen molar-refractivity contribution in [2.45, 2.75) is 44.7 Å². The van der Waals surface area contributed by atoms with E-state index in [9.17, 15) is 4.79 Å². The van der Waals surface area contributed by atoms with Crippen LogP contribution >= 0.6 is 0 Å². The van der Waals surface area contributed by atoms with E-state index < -0.39 is 0 Å². The number of rotatable bonds is 5. The summed E-state index contributed by atoms with van der Waals surface area (Å²) in [6.07, 6.45) is 5.11. The van der Waals surface area contributed by atoms with E-state index in [1.54, 1.807) is 0 Å². The third kappa shape index (κ3) is 4.17. The topological polar surface area (TPSA) is 35.6 Å². The molecule has 2 aliphatic heterocycles. The van der Waals surface area contributed by atoms with Crippen LogP contribution in [0.25, 0.3) is 0 Å². The van der Waals surface area contributed by atoms with E-state index in [1.165, 1.54) is 37.8 Å². The molecule has 0 spiro atoms. The molecular formula is C20H31N3O. The van der Waals surface area contributed by atoms with Crippen LogP contribution in [0.3, 0.4) is 0 Å². The second-order valence-corrected chi connectivity index (χ2v) is 7.41. The first-order valence-electron chi connectivity index (χ1n) is 9.41. The summed E-state index contributed by atoms with van der Waals surface area (Å²) < 4.78 is 0. The summed E-state index contributed by atoms with van der Waals surface area (Å²) in [5.41, 5.74) is 1.19. The fraction of sp³-hybridized carbons (Fsp3) is 0.650. The summed E-state index contributed by atoms with van der Waals surface area (Å²) >= 11 is 0. The minimum absolute atomic E-state index is 0.124. The van der Waals surface area contributed by atoms with Crippen LogP contribution in [0.15, 0.2) is 30.3 Å². The van der Waals surface area contributed by atoms with Crippen molar-refractivity contribution in [1.82, 2.24) is 15.1 Å². The minimum atomic E-state index is 0.124. The SMILES string of the molecule is CC(c1ccccc1)N(C)C(=O)CN1CCC(C2CCCN2)CC1. The molecule has 0 aromatic heterocycles. The maximum Gasteiger partial charge on any atom is 0.236 e. The Morgan fingerprint density at radius 2 is 1.96 bits per heavy atom. The van der Waals surface area contributed by atoms with E-state index in [1.807, 2.05) is 30.1 Å². The smallest absolute Gasteiger partial charge is 0.236 e. The number of likely N-dealkylation sites (tertiary alicyclic amines) is 1. The zero-order valence-electron chi connectivity index (χ0n) is 15.1. The van der Waals surface area contributed by atoms with Gasteiger partial charge in [-0.2, -0.15) is 0 Å². The van der Waals surface area contributed by atoms with Crippen LogP contribution in [0.4, 0.5) is 0 Å². The van der Waals surface area contributed by atoms with Crippen LogP contribution in [0.5, 0.6) is 0 Å². The molecular weight excluding hydrogens is 298 g/mol. The van der Waals surface area contributed by atoms with E-state index in [-0.39, 0.29) is 11.9 Å². The molecule has 0 aliphatic carbocycles. The molecule has 2 atom stereocenters. The van der Waals surface area contributed by atoms with Gasteiger partial charge in [-0.15, -0.1) is 0 Å². The summed E-state index contributed by atoms with van der Waals surface area (Å²) in [4.78, 5) is 16.9. The molecule has 0 bridgehead atoms. The van der Waals surface area contributed by atoms with Gasteiger partial charge in [-0.05, 0) is 63.7 Å². The van der Waals surface area contributed by atoms with Crippen LogP contribution in [0, 0.1) is 5.92 Å². The van der Waals surface area contributed by atoms with E-state index in [4.69, 9.17) is 0 Å². The van der Waals surface area contributed by atoms with Crippen molar-refractivity contribution < 1.29 is 4.79 Å². The first kappa shape index (κ1) is 17.4. The zero-order valence-corrected chi connectivity index (χ0v) is 15.1. The molecule has 1 N–H and O–H groups in total. The lowest BCUT2D eigenvalue weighted by Crippen LogP contribution is -2.45. The molecule has 4 heteroatoms. The Balaban J connectivity index is 1.46. The van der Waals surface area contributed by atoms with E-state index in [0.717, 1.165) is 25.0 Å². The number of piperidine rings is 1. The van der Waals surface area contributed by atoms with Gasteiger partial charge in [-0.1, -0.05) is 30.3 Å². The van der Waals surface area contributed by atoms with Gasteiger partial charge in [0, 0.05) is 13.1 Å². The van der Waals surface area contributed by atoms with Gasteiger partial charge in [0.15, 0.2) is 0 Å². The maximum atomic E-state index is 12.6. The highest BCUT2D eigenvalue weighted by Gasteiger charge is 2.29. The summed E-state index contributed by atoms with van der Waals surface area (Å²) in [5.74, 6) is 1.03. The predicted molar refractivity (Wildman–Crippen MR) is 97.8 cm³/mol. The number of nitrogens with zero attached hydrogens (tertiary/aromatic N) is 2. The number of carbonyl (C=O) groups is 1. The Morgan fingerprint density at radius 3 is 2.58 bits per heavy atom. The molecule has 2 saturated heterocycles. The van der Waals surface area contributed by atoms with Crippen LogP contribution in [-0.4, -0.2) is 55.0 Å². The molecule has 0 radical (unpaired) electrons. The standard InChI is InChI=1S/C20H31N3O/c1-16(17-7-4-3-5-8-17)22(2)20(24)15-23-13-10-18(11-14-23)19-9-6-12-21-19/h3-5,7-8,16,18-19,21H,6,9-15H2,1-2H3. The summed E-state index contributed by atoms with van der Waals surface area (Å²) in [5, 5.41) is 3.64. The van der Waals surface area contributed by atoms with Crippen molar-refractivity contribution in [3.05, 3.63) is 35.9 Å². The molecule has 4 nitrogen and oxygen atoms in total. The van der Waals surface area contributed by atoms with Crippen molar-refractivity contribution in [3.63, 3.8) is 0 Å². The second-order valence-electron chi connectivity index (χ2n) is 7.41. The van der Waals surface area contributed by atoms with Gasteiger partial charge in [0.05, 0.1) is 12.6 Å². The van der Waals surface area contributed by atoms with Gasteiger partial charge in [0.2, 0.25) is 5.91 Å². The molecule has 24 heavy (non-hydrogen) atoms. The Hall–Kier alpha value is -1.39. The Bertz CT molecular complexity index is 519. The normalized spacial score (nSPS) is 24.0. The lowest BCUT2D eigenvalue weighted by atomic mass is 9.88. The number of carbonyl (C=O) groups excluding carboxylic acids is 1. The van der Waals surface area contributed by atoms with Crippen molar-refractivity contribution in [2.24, 2.45) is 5.92 Å². The predicted octanol–water partition coefficient (Wildman–Crippen LogP) is 2.67. The highest BCUT2D eigenvalue weighted by atomic mass is 16.2. The lowest BCUT2D eigenvalue weighted by Gasteiger charge is -2.36. The number of nitrogens with one attached hydrogen (secondary N) is 1. The van der Waals surface area contributed by atoms with E-state index >= 15 is 0 Å². The number of amides is 1. The first-order valence-corrected chi connectivity index (χ1v) is 9.41. The highest BCUT2D eigenvalue weighted by Crippen LogP contribution is 2.26. The van der Waals surface area contributed by atoms with Gasteiger partial charge >= 0.3 is 0 Å². The Labute approximate surface area is 146 Å². The summed E-state index contributed by atoms with van der Waals surface area (Å²) in [7, 11) is 1.93. The van der Waals surface area contributed by atoms with Crippen LogP contribution in [0.2, 0.25) is 0 Å². The highest BCUT2D eigenvalue weighted by molar-refractivity contribution is 5.78. The van der Waals surface area contributed by atoms with E-state index in [2.05, 4.69) is 29.3 Å². The van der Waals surface area contributed by atoms with Crippen LogP contribution < -0.4 is 5.32 Å². The Kier molecular flexibility index (Phi) is 5.90. The van der Waals surface area contributed by atoms with Crippen molar-refractivity contribution in [3.8, 4) is 0 Å². The number of hydrogen-bond donors (Lipinski definition) is 1. The second kappa shape index (κ2) is 8.13. The van der Waals surface area contributed by atoms with Crippen LogP contribution in [0.1, 0.15) is 44.2 Å². The van der Waals surface area contributed by atoms with Crippen molar-refractivity contribution >= 4 is 5.91 Å². The monoisotopic (exact) mass is 329 g/mol. The molecule has 2 fully saturated rings. The van der Waals surface area contributed by atoms with Gasteiger partial charge in [-0.3, -0.25) is 9.69 Å². The van der Waals surface area contributed by atoms with E-state index in [0.29, 0.717) is 6.54 Å². The third-order valence-electron chi connectivity index (χ3n) is 5.91. The molecule has 2 unspecified atom stereocenters. The molecule has 0 saturated carbocycles. The third-order valence-corrected chi connectivity index (χ3v) is 5.91.